The van der Waals surface area contributed by atoms with E-state index >= 15 is 0 Å². The molecule has 1 fully saturated rings. The number of primary sulfonamides is 3. The van der Waals surface area contributed by atoms with Crippen LogP contribution in [0.5, 0.6) is 17.2 Å². The molecule has 1 heterocycles. The predicted octanol–water partition coefficient (Wildman–Crippen LogP) is 11.2. The molecule has 6 aromatic rings. The Balaban J connectivity index is 0.000000562. The molecule has 0 bridgehead atoms. The third-order valence-corrected chi connectivity index (χ3v) is 16.4. The number of ether oxygens (including phenoxy) is 4. The molecular formula is C62H80BrCl3LiN3O13S3. The quantitative estimate of drug-likeness (QED) is 0.0226. The number of carbonyl (C=O) groups is 2. The van der Waals surface area contributed by atoms with Crippen molar-refractivity contribution in [3.63, 3.8) is 0 Å². The largest absolute Gasteiger partial charge is 1.00 e. The normalized spacial score (nSPS) is 12.2. The van der Waals surface area contributed by atoms with Crippen molar-refractivity contribution in [2.45, 2.75) is 114 Å². The maximum absolute atomic E-state index is 12.5. The molecule has 0 aliphatic carbocycles. The first-order valence-electron chi connectivity index (χ1n) is 27.3. The van der Waals surface area contributed by atoms with Crippen LogP contribution in [0.25, 0.3) is 0 Å². The Hall–Kier alpha value is -4.34. The van der Waals surface area contributed by atoms with Crippen LogP contribution in [0.4, 0.5) is 0 Å². The zero-order valence-electron chi connectivity index (χ0n) is 50.0. The zero-order valence-corrected chi connectivity index (χ0v) is 56.3. The first-order valence-corrected chi connectivity index (χ1v) is 33.8. The minimum absolute atomic E-state index is 0. The fourth-order valence-corrected chi connectivity index (χ4v) is 10.2. The van der Waals surface area contributed by atoms with Crippen molar-refractivity contribution in [3.05, 3.63) is 182 Å². The Morgan fingerprint density at radius 1 is 0.581 bits per heavy atom. The van der Waals surface area contributed by atoms with Crippen LogP contribution in [0.3, 0.4) is 0 Å². The number of rotatable bonds is 21. The maximum Gasteiger partial charge on any atom is 1.00 e. The van der Waals surface area contributed by atoms with Gasteiger partial charge < -0.3 is 31.0 Å². The van der Waals surface area contributed by atoms with Crippen molar-refractivity contribution in [1.29, 1.82) is 0 Å². The number of aldehydes is 1. The summed E-state index contributed by atoms with van der Waals surface area (Å²) in [6, 6.07) is 33.8. The van der Waals surface area contributed by atoms with Gasteiger partial charge in [0.15, 0.2) is 5.78 Å². The number of aliphatic hydroxyl groups is 1. The van der Waals surface area contributed by atoms with Gasteiger partial charge in [0.05, 0.1) is 34.9 Å². The van der Waals surface area contributed by atoms with Crippen molar-refractivity contribution in [2.24, 2.45) is 33.2 Å². The third-order valence-electron chi connectivity index (χ3n) is 11.7. The summed E-state index contributed by atoms with van der Waals surface area (Å²) in [5.74, 6) is 3.85. The zero-order chi connectivity index (χ0) is 63.9. The first kappa shape index (κ1) is 79.7. The number of unbranched alkanes of at least 4 members (excludes halogenated alkanes) is 1. The van der Waals surface area contributed by atoms with E-state index in [4.69, 9.17) is 69.2 Å². The van der Waals surface area contributed by atoms with Crippen LogP contribution in [0, 0.1) is 24.7 Å². The van der Waals surface area contributed by atoms with E-state index in [0.29, 0.717) is 59.7 Å². The summed E-state index contributed by atoms with van der Waals surface area (Å²) in [7, 11) is -11.8. The number of sulfonamides is 3. The molecule has 0 spiro atoms. The molecule has 86 heavy (non-hydrogen) atoms. The summed E-state index contributed by atoms with van der Waals surface area (Å²) in [6.45, 7) is 22.7. The molecule has 7 rings (SSSR count). The maximum atomic E-state index is 12.5. The molecule has 0 aromatic heterocycles. The molecule has 0 amide bonds. The van der Waals surface area contributed by atoms with Gasteiger partial charge in [-0.25, -0.2) is 40.7 Å². The van der Waals surface area contributed by atoms with E-state index < -0.39 is 36.2 Å². The average molecular weight is 1360 g/mol. The van der Waals surface area contributed by atoms with E-state index in [1.54, 1.807) is 54.6 Å². The number of hydrogen-bond donors (Lipinski definition) is 4. The molecule has 16 nitrogen and oxygen atoms in total. The van der Waals surface area contributed by atoms with Gasteiger partial charge in [-0.15, -0.1) is 0 Å². The molecule has 1 unspecified atom stereocenters. The molecule has 1 saturated heterocycles. The van der Waals surface area contributed by atoms with Gasteiger partial charge in [-0.2, -0.15) is 6.42 Å². The molecule has 7 N–H and O–H groups in total. The second-order valence-electron chi connectivity index (χ2n) is 20.3. The smallest absolute Gasteiger partial charge is 0.494 e. The number of hydrogen-bond acceptors (Lipinski definition) is 13. The standard InChI is InChI=1S/C18H22ClNO4S.C18H20ClNO4S.C11H15BrO.C7H6ClNO3S.C4H8O.C4H9.Li/c2*1-12(2)9-10-24-15-6-3-13(4-7-15)18(21)14-5-8-16(19)17(11-14)25(20,22)23;1-9(2)7-8-13-11-5-3-10(12)4-6-11;8-6-2-1-5(4-10)3-7(6)13(9,11)12;1-2-4-5-3-1;1-3-4-2;/h3-8,11-12,18,21H,9-10H2,1-2H3,(H2,20,22,23);3-8,11-12H,9-10H2,1-2H3,(H2,20,22,23);3-6,9H,7-8H2,1-2H3;1-4H,(H2,9,11,12);1-4H2;1,3-4H2,2H3;/q;;;;;-1;+1. The molecule has 0 saturated carbocycles. The Morgan fingerprint density at radius 2 is 0.930 bits per heavy atom. The monoisotopic (exact) mass is 1360 g/mol. The second-order valence-corrected chi connectivity index (χ2v) is 27.0. The van der Waals surface area contributed by atoms with E-state index in [-0.39, 0.29) is 65.5 Å². The van der Waals surface area contributed by atoms with E-state index in [2.05, 4.69) is 71.3 Å². The molecule has 0 radical (unpaired) electrons. The van der Waals surface area contributed by atoms with E-state index in [0.717, 1.165) is 67.5 Å². The van der Waals surface area contributed by atoms with Crippen LogP contribution in [-0.2, 0) is 34.8 Å². The number of benzene rings is 6. The molecular weight excluding hydrogens is 1280 g/mol. The summed E-state index contributed by atoms with van der Waals surface area (Å²) in [6.07, 6.45) is 7.37. The van der Waals surface area contributed by atoms with Crippen molar-refractivity contribution >= 4 is 92.9 Å². The Morgan fingerprint density at radius 3 is 1.30 bits per heavy atom. The van der Waals surface area contributed by atoms with Crippen LogP contribution in [0.1, 0.15) is 137 Å². The van der Waals surface area contributed by atoms with Crippen LogP contribution in [0.15, 0.2) is 147 Å². The van der Waals surface area contributed by atoms with Gasteiger partial charge >= 0.3 is 18.9 Å². The average Bonchev–Trinajstić information content (AvgIpc) is 3.02. The number of carbonyl (C=O) groups excluding carboxylic acids is 2. The second kappa shape index (κ2) is 41.1. The SMILES string of the molecule is C1CCOC1.CC(C)CCOc1ccc(Br)cc1.CC(C)CCOc1ccc(C(=O)c2ccc(Cl)c(S(N)(=O)=O)c2)cc1.CC(C)CCOc1ccc(C(O)c2ccc(Cl)c(S(N)(=O)=O)c2)cc1.NS(=O)(=O)c1cc(C=O)ccc1Cl.[CH2-]CCC.[Li+]. The van der Waals surface area contributed by atoms with Crippen LogP contribution < -0.4 is 48.5 Å². The fraction of sp³-hybridized carbons (Fsp3) is 0.371. The van der Waals surface area contributed by atoms with Gasteiger partial charge in [0.1, 0.15) is 44.3 Å². The molecule has 6 aromatic carbocycles. The Labute approximate surface area is 545 Å². The van der Waals surface area contributed by atoms with Gasteiger partial charge in [-0.3, -0.25) is 9.59 Å². The molecule has 1 aliphatic heterocycles. The van der Waals surface area contributed by atoms with Gasteiger partial charge in [0.25, 0.3) is 0 Å². The summed E-state index contributed by atoms with van der Waals surface area (Å²) >= 11 is 20.6. The molecule has 468 valence electrons. The van der Waals surface area contributed by atoms with Gasteiger partial charge in [0.2, 0.25) is 30.1 Å². The number of nitrogens with two attached hydrogens (primary N) is 3. The number of aliphatic hydroxyl groups excluding tert-OH is 1. The molecule has 1 atom stereocenters. The van der Waals surface area contributed by atoms with Gasteiger partial charge in [-0.1, -0.05) is 130 Å². The number of ketones is 1. The minimum Gasteiger partial charge on any atom is -0.494 e. The number of halogens is 4. The Bertz CT molecular complexity index is 3320. The predicted molar refractivity (Wildman–Crippen MR) is 344 cm³/mol. The van der Waals surface area contributed by atoms with Crippen molar-refractivity contribution < 1.29 is 77.8 Å². The van der Waals surface area contributed by atoms with Crippen molar-refractivity contribution in [2.75, 3.05) is 33.0 Å². The van der Waals surface area contributed by atoms with E-state index in [1.165, 1.54) is 61.7 Å². The van der Waals surface area contributed by atoms with Crippen molar-refractivity contribution in [1.82, 2.24) is 0 Å². The van der Waals surface area contributed by atoms with E-state index in [9.17, 15) is 39.9 Å². The Kier molecular flexibility index (Phi) is 38.0. The van der Waals surface area contributed by atoms with Gasteiger partial charge in [0, 0.05) is 34.4 Å². The fourth-order valence-electron chi connectivity index (χ4n) is 6.67. The summed E-state index contributed by atoms with van der Waals surface area (Å²) in [5, 5.41) is 25.6. The summed E-state index contributed by atoms with van der Waals surface area (Å²) in [5.41, 5.74) is 1.83. The van der Waals surface area contributed by atoms with Crippen LogP contribution >= 0.6 is 50.7 Å². The third kappa shape index (κ3) is 31.7. The molecule has 24 heteroatoms. The van der Waals surface area contributed by atoms with Crippen LogP contribution in [-0.4, -0.2) is 75.5 Å². The van der Waals surface area contributed by atoms with Gasteiger partial charge in [-0.05, 0) is 164 Å². The van der Waals surface area contributed by atoms with E-state index in [1.807, 2.05) is 24.3 Å². The minimum atomic E-state index is -4.00. The summed E-state index contributed by atoms with van der Waals surface area (Å²) in [4.78, 5) is 22.1. The molecule has 1 aliphatic rings. The topological polar surface area (TPSA) is 272 Å². The van der Waals surface area contributed by atoms with Crippen LogP contribution in [0.2, 0.25) is 15.1 Å². The first-order chi connectivity index (χ1) is 39.9. The summed E-state index contributed by atoms with van der Waals surface area (Å²) < 4.78 is 90.8. The van der Waals surface area contributed by atoms with Crippen molar-refractivity contribution in [3.8, 4) is 17.2 Å².